The number of rotatable bonds is 2. The molecule has 0 aliphatic carbocycles. The second-order valence-corrected chi connectivity index (χ2v) is 3.77. The van der Waals surface area contributed by atoms with Crippen LogP contribution in [-0.4, -0.2) is 4.98 Å². The van der Waals surface area contributed by atoms with Gasteiger partial charge in [0, 0.05) is 18.0 Å². The Morgan fingerprint density at radius 1 is 1.05 bits per heavy atom. The van der Waals surface area contributed by atoms with Gasteiger partial charge in [-0.2, -0.15) is 5.26 Å². The Kier molecular flexibility index (Phi) is 3.53. The molecule has 0 unspecified atom stereocenters. The maximum absolute atomic E-state index is 13.2. The topological polar surface area (TPSA) is 62.7 Å². The third kappa shape index (κ3) is 2.58. The largest absolute Gasteiger partial charge is 0.397 e. The van der Waals surface area contributed by atoms with Crippen LogP contribution in [0.2, 0.25) is 0 Å². The van der Waals surface area contributed by atoms with Gasteiger partial charge < -0.3 is 5.73 Å². The van der Waals surface area contributed by atoms with E-state index >= 15 is 0 Å². The van der Waals surface area contributed by atoms with Crippen molar-refractivity contribution in [1.82, 2.24) is 4.98 Å². The van der Waals surface area contributed by atoms with Crippen molar-refractivity contribution in [2.75, 3.05) is 0 Å². The van der Waals surface area contributed by atoms with Gasteiger partial charge in [-0.05, 0) is 35.9 Å². The van der Waals surface area contributed by atoms with Crippen LogP contribution in [-0.2, 0) is 0 Å². The normalized spacial score (nSPS) is 11.6. The lowest BCUT2D eigenvalue weighted by molar-refractivity contribution is 0.508. The Hall–Kier alpha value is -2.74. The molecule has 0 aliphatic rings. The quantitative estimate of drug-likeness (QED) is 0.841. The van der Waals surface area contributed by atoms with Gasteiger partial charge >= 0.3 is 0 Å². The zero-order valence-electron chi connectivity index (χ0n) is 9.77. The number of benzene rings is 1. The van der Waals surface area contributed by atoms with E-state index in [1.165, 1.54) is 18.5 Å². The van der Waals surface area contributed by atoms with Crippen molar-refractivity contribution >= 4 is 11.3 Å². The lowest BCUT2D eigenvalue weighted by Gasteiger charge is -2.06. The molecule has 2 N–H and O–H groups in total. The SMILES string of the molecule is N#C/C(=C(/N)c1ccc(F)c(F)c1)c1ccncc1. The molecule has 0 aliphatic heterocycles. The molecule has 0 saturated heterocycles. The summed E-state index contributed by atoms with van der Waals surface area (Å²) in [4.78, 5) is 3.84. The maximum atomic E-state index is 13.2. The van der Waals surface area contributed by atoms with Gasteiger partial charge in [0.2, 0.25) is 0 Å². The molecule has 3 nitrogen and oxygen atoms in total. The van der Waals surface area contributed by atoms with Crippen molar-refractivity contribution in [3.63, 3.8) is 0 Å². The van der Waals surface area contributed by atoms with Crippen LogP contribution in [0.1, 0.15) is 11.1 Å². The standard InChI is InChI=1S/C14H9F2N3/c15-12-2-1-10(7-13(12)16)14(18)11(8-17)9-3-5-19-6-4-9/h1-7H,18H2/b14-11-. The van der Waals surface area contributed by atoms with Gasteiger partial charge in [0.25, 0.3) is 0 Å². The highest BCUT2D eigenvalue weighted by Crippen LogP contribution is 2.22. The third-order valence-corrected chi connectivity index (χ3v) is 2.58. The molecule has 5 heteroatoms. The molecule has 0 fully saturated rings. The smallest absolute Gasteiger partial charge is 0.159 e. The number of allylic oxidation sites excluding steroid dienone is 1. The van der Waals surface area contributed by atoms with E-state index in [0.717, 1.165) is 12.1 Å². The molecule has 1 aromatic carbocycles. The number of pyridine rings is 1. The number of halogens is 2. The van der Waals surface area contributed by atoms with Crippen LogP contribution in [0.15, 0.2) is 42.7 Å². The van der Waals surface area contributed by atoms with Gasteiger partial charge in [-0.15, -0.1) is 0 Å². The molecule has 2 rings (SSSR count). The molecule has 1 heterocycles. The first kappa shape index (κ1) is 12.7. The summed E-state index contributed by atoms with van der Waals surface area (Å²) in [5, 5.41) is 9.16. The minimum absolute atomic E-state index is 0.0904. The summed E-state index contributed by atoms with van der Waals surface area (Å²) in [5.41, 5.74) is 6.95. The molecule has 0 radical (unpaired) electrons. The predicted octanol–water partition coefficient (Wildman–Crippen LogP) is 2.71. The number of aromatic nitrogens is 1. The Labute approximate surface area is 108 Å². The lowest BCUT2D eigenvalue weighted by atomic mass is 10.0. The Morgan fingerprint density at radius 2 is 1.74 bits per heavy atom. The van der Waals surface area contributed by atoms with Gasteiger partial charge in [0.1, 0.15) is 6.07 Å². The summed E-state index contributed by atoms with van der Waals surface area (Å²) in [6, 6.07) is 8.45. The van der Waals surface area contributed by atoms with Gasteiger partial charge in [-0.25, -0.2) is 8.78 Å². The average molecular weight is 257 g/mol. The number of hydrogen-bond acceptors (Lipinski definition) is 3. The van der Waals surface area contributed by atoms with Gasteiger partial charge in [0.05, 0.1) is 11.3 Å². The Morgan fingerprint density at radius 3 is 2.32 bits per heavy atom. The summed E-state index contributed by atoms with van der Waals surface area (Å²) < 4.78 is 26.0. The van der Waals surface area contributed by atoms with Crippen LogP contribution >= 0.6 is 0 Å². The second-order valence-electron chi connectivity index (χ2n) is 3.77. The number of hydrogen-bond donors (Lipinski definition) is 1. The highest BCUT2D eigenvalue weighted by atomic mass is 19.2. The number of nitrogens with two attached hydrogens (primary N) is 1. The van der Waals surface area contributed by atoms with E-state index in [-0.39, 0.29) is 16.8 Å². The van der Waals surface area contributed by atoms with Crippen molar-refractivity contribution in [2.24, 2.45) is 5.73 Å². The summed E-state index contributed by atoms with van der Waals surface area (Å²) in [6.07, 6.45) is 3.04. The lowest BCUT2D eigenvalue weighted by Crippen LogP contribution is -2.02. The monoisotopic (exact) mass is 257 g/mol. The molecule has 1 aromatic heterocycles. The average Bonchev–Trinajstić information content (AvgIpc) is 2.44. The molecule has 94 valence electrons. The zero-order valence-corrected chi connectivity index (χ0v) is 9.77. The summed E-state index contributed by atoms with van der Waals surface area (Å²) in [5.74, 6) is -1.97. The predicted molar refractivity (Wildman–Crippen MR) is 67.2 cm³/mol. The molecule has 19 heavy (non-hydrogen) atoms. The van der Waals surface area contributed by atoms with Crippen LogP contribution < -0.4 is 5.73 Å². The van der Waals surface area contributed by atoms with E-state index in [4.69, 9.17) is 11.0 Å². The van der Waals surface area contributed by atoms with Crippen molar-refractivity contribution in [3.05, 3.63) is 65.5 Å². The van der Waals surface area contributed by atoms with Crippen molar-refractivity contribution in [3.8, 4) is 6.07 Å². The summed E-state index contributed by atoms with van der Waals surface area (Å²) >= 11 is 0. The number of nitriles is 1. The third-order valence-electron chi connectivity index (χ3n) is 2.58. The van der Waals surface area contributed by atoms with Crippen LogP contribution in [0, 0.1) is 23.0 Å². The second kappa shape index (κ2) is 5.27. The minimum Gasteiger partial charge on any atom is -0.397 e. The molecule has 0 bridgehead atoms. The van der Waals surface area contributed by atoms with Gasteiger partial charge in [-0.1, -0.05) is 0 Å². The van der Waals surface area contributed by atoms with E-state index < -0.39 is 11.6 Å². The summed E-state index contributed by atoms with van der Waals surface area (Å²) in [7, 11) is 0. The van der Waals surface area contributed by atoms with Gasteiger partial charge in [0.15, 0.2) is 11.6 Å². The highest BCUT2D eigenvalue weighted by molar-refractivity contribution is 5.95. The van der Waals surface area contributed by atoms with Crippen LogP contribution in [0.5, 0.6) is 0 Å². The van der Waals surface area contributed by atoms with E-state index in [1.807, 2.05) is 6.07 Å². The first-order valence-electron chi connectivity index (χ1n) is 5.39. The fourth-order valence-corrected chi connectivity index (χ4v) is 1.61. The van der Waals surface area contributed by atoms with Crippen molar-refractivity contribution < 1.29 is 8.78 Å². The molecule has 0 spiro atoms. The zero-order chi connectivity index (χ0) is 13.8. The fraction of sp³-hybridized carbons (Fsp3) is 0. The van der Waals surface area contributed by atoms with Crippen molar-refractivity contribution in [1.29, 1.82) is 5.26 Å². The minimum atomic E-state index is -1.01. The Bertz CT molecular complexity index is 673. The van der Waals surface area contributed by atoms with Crippen LogP contribution in [0.4, 0.5) is 8.78 Å². The summed E-state index contributed by atoms with van der Waals surface area (Å²) in [6.45, 7) is 0. The first-order valence-corrected chi connectivity index (χ1v) is 5.39. The molecular weight excluding hydrogens is 248 g/mol. The van der Waals surface area contributed by atoms with E-state index in [9.17, 15) is 8.78 Å². The van der Waals surface area contributed by atoms with E-state index in [0.29, 0.717) is 5.56 Å². The fourth-order valence-electron chi connectivity index (χ4n) is 1.61. The molecule has 2 aromatic rings. The molecule has 0 amide bonds. The molecule has 0 atom stereocenters. The first-order chi connectivity index (χ1) is 9.13. The Balaban J connectivity index is 2.56. The van der Waals surface area contributed by atoms with Crippen LogP contribution in [0.25, 0.3) is 11.3 Å². The molecular formula is C14H9F2N3. The highest BCUT2D eigenvalue weighted by Gasteiger charge is 2.10. The molecule has 0 saturated carbocycles. The van der Waals surface area contributed by atoms with Gasteiger partial charge in [-0.3, -0.25) is 4.98 Å². The van der Waals surface area contributed by atoms with E-state index in [2.05, 4.69) is 4.98 Å². The number of nitrogens with zero attached hydrogens (tertiary/aromatic N) is 2. The maximum Gasteiger partial charge on any atom is 0.159 e. The van der Waals surface area contributed by atoms with Crippen molar-refractivity contribution in [2.45, 2.75) is 0 Å². The van der Waals surface area contributed by atoms with E-state index in [1.54, 1.807) is 12.1 Å². The van der Waals surface area contributed by atoms with Crippen LogP contribution in [0.3, 0.4) is 0 Å².